The highest BCUT2D eigenvalue weighted by molar-refractivity contribution is 5.85. The van der Waals surface area contributed by atoms with Gasteiger partial charge in [-0.25, -0.2) is 0 Å². The van der Waals surface area contributed by atoms with Gasteiger partial charge in [0.15, 0.2) is 6.10 Å². The van der Waals surface area contributed by atoms with Crippen molar-refractivity contribution in [2.75, 3.05) is 6.54 Å². The molecule has 4 nitrogen and oxygen atoms in total. The number of nitrogens with one attached hydrogen (secondary N) is 2. The molecule has 1 aromatic carbocycles. The van der Waals surface area contributed by atoms with Crippen LogP contribution in [0.1, 0.15) is 57.6 Å². The van der Waals surface area contributed by atoms with Gasteiger partial charge in [0, 0.05) is 12.1 Å². The van der Waals surface area contributed by atoms with Crippen LogP contribution in [0.4, 0.5) is 0 Å². The van der Waals surface area contributed by atoms with E-state index in [2.05, 4.69) is 44.4 Å². The zero-order chi connectivity index (χ0) is 17.0. The highest BCUT2D eigenvalue weighted by Gasteiger charge is 2.23. The van der Waals surface area contributed by atoms with Crippen LogP contribution in [-0.2, 0) is 4.79 Å². The van der Waals surface area contributed by atoms with E-state index in [9.17, 15) is 4.79 Å². The molecule has 0 aliphatic carbocycles. The number of ether oxygens (including phenoxy) is 1. The Morgan fingerprint density at radius 2 is 2.04 bits per heavy atom. The van der Waals surface area contributed by atoms with Crippen LogP contribution in [0.3, 0.4) is 0 Å². The van der Waals surface area contributed by atoms with Gasteiger partial charge >= 0.3 is 0 Å². The molecular formula is C19H31ClN2O2. The number of rotatable bonds is 5. The van der Waals surface area contributed by atoms with Crippen molar-refractivity contribution in [1.82, 2.24) is 10.6 Å². The second kappa shape index (κ2) is 9.28. The van der Waals surface area contributed by atoms with Gasteiger partial charge in [-0.2, -0.15) is 0 Å². The summed E-state index contributed by atoms with van der Waals surface area (Å²) in [5, 5.41) is 6.50. The van der Waals surface area contributed by atoms with Gasteiger partial charge in [0.25, 0.3) is 5.91 Å². The van der Waals surface area contributed by atoms with Crippen molar-refractivity contribution in [2.24, 2.45) is 0 Å². The van der Waals surface area contributed by atoms with Crippen molar-refractivity contribution < 1.29 is 9.53 Å². The number of aryl methyl sites for hydroxylation is 1. The van der Waals surface area contributed by atoms with Crippen LogP contribution in [0.15, 0.2) is 18.2 Å². The summed E-state index contributed by atoms with van der Waals surface area (Å²) in [5.41, 5.74) is 2.52. The first-order valence-electron chi connectivity index (χ1n) is 8.67. The fourth-order valence-corrected chi connectivity index (χ4v) is 3.21. The van der Waals surface area contributed by atoms with Gasteiger partial charge in [-0.15, -0.1) is 12.4 Å². The Morgan fingerprint density at radius 1 is 1.33 bits per heavy atom. The molecule has 2 rings (SSSR count). The smallest absolute Gasteiger partial charge is 0.260 e. The van der Waals surface area contributed by atoms with Gasteiger partial charge in [-0.1, -0.05) is 19.9 Å². The number of hydrogen-bond acceptors (Lipinski definition) is 3. The van der Waals surface area contributed by atoms with E-state index >= 15 is 0 Å². The van der Waals surface area contributed by atoms with E-state index in [0.717, 1.165) is 25.1 Å². The van der Waals surface area contributed by atoms with Crippen molar-refractivity contribution in [3.63, 3.8) is 0 Å². The van der Waals surface area contributed by atoms with E-state index in [1.165, 1.54) is 11.1 Å². The summed E-state index contributed by atoms with van der Waals surface area (Å²) in [4.78, 5) is 12.3. The van der Waals surface area contributed by atoms with E-state index in [1.54, 1.807) is 0 Å². The normalized spacial score (nSPS) is 21.8. The van der Waals surface area contributed by atoms with Crippen LogP contribution < -0.4 is 15.4 Å². The Bertz CT molecular complexity index is 548. The largest absolute Gasteiger partial charge is 0.481 e. The molecule has 1 amide bonds. The van der Waals surface area contributed by atoms with Crippen LogP contribution >= 0.6 is 12.4 Å². The minimum absolute atomic E-state index is 0. The topological polar surface area (TPSA) is 50.4 Å². The number of halogens is 1. The molecule has 3 atom stereocenters. The Kier molecular flexibility index (Phi) is 8.04. The summed E-state index contributed by atoms with van der Waals surface area (Å²) >= 11 is 0. The number of carbonyl (C=O) groups is 1. The van der Waals surface area contributed by atoms with Crippen molar-refractivity contribution >= 4 is 18.3 Å². The third-order valence-corrected chi connectivity index (χ3v) is 4.52. The lowest BCUT2D eigenvalue weighted by Crippen LogP contribution is -2.49. The molecule has 0 aromatic heterocycles. The summed E-state index contributed by atoms with van der Waals surface area (Å²) in [6, 6.07) is 6.77. The fraction of sp³-hybridized carbons (Fsp3) is 0.632. The third-order valence-electron chi connectivity index (χ3n) is 4.52. The Balaban J connectivity index is 0.00000288. The monoisotopic (exact) mass is 354 g/mol. The first-order valence-corrected chi connectivity index (χ1v) is 8.67. The van der Waals surface area contributed by atoms with Crippen LogP contribution in [-0.4, -0.2) is 30.6 Å². The average Bonchev–Trinajstić information content (AvgIpc) is 2.46. The van der Waals surface area contributed by atoms with Crippen LogP contribution in [0.5, 0.6) is 5.75 Å². The predicted octanol–water partition coefficient (Wildman–Crippen LogP) is 3.56. The molecule has 2 N–H and O–H groups in total. The quantitative estimate of drug-likeness (QED) is 0.850. The average molecular weight is 355 g/mol. The number of hydrogen-bond donors (Lipinski definition) is 2. The molecule has 1 aliphatic heterocycles. The molecule has 24 heavy (non-hydrogen) atoms. The standard InChI is InChI=1S/C19H30N2O2.ClH/c1-12(2)18-7-6-17(10-13(18)3)23-15(5)19(22)21-16-8-9-20-14(4)11-16;/h6-7,10,12,14-16,20H,8-9,11H2,1-5H3,(H,21,22);1H. The molecule has 1 fully saturated rings. The minimum atomic E-state index is -0.482. The summed E-state index contributed by atoms with van der Waals surface area (Å²) in [6.07, 6.45) is 1.47. The van der Waals surface area contributed by atoms with Gasteiger partial charge in [0.2, 0.25) is 0 Å². The number of benzene rings is 1. The molecule has 0 saturated carbocycles. The molecule has 3 unspecified atom stereocenters. The van der Waals surface area contributed by atoms with E-state index in [-0.39, 0.29) is 24.4 Å². The molecule has 1 aliphatic rings. The van der Waals surface area contributed by atoms with E-state index in [0.29, 0.717) is 12.0 Å². The maximum Gasteiger partial charge on any atom is 0.260 e. The molecule has 136 valence electrons. The number of amides is 1. The second-order valence-electron chi connectivity index (χ2n) is 7.02. The lowest BCUT2D eigenvalue weighted by molar-refractivity contribution is -0.128. The molecule has 0 bridgehead atoms. The molecule has 0 spiro atoms. The molecule has 1 aromatic rings. The Hall–Kier alpha value is -1.26. The summed E-state index contributed by atoms with van der Waals surface area (Å²) in [5.74, 6) is 1.22. The lowest BCUT2D eigenvalue weighted by atomic mass is 9.98. The maximum absolute atomic E-state index is 12.3. The first kappa shape index (κ1) is 20.8. The molecule has 1 heterocycles. The van der Waals surface area contributed by atoms with Crippen LogP contribution in [0.25, 0.3) is 0 Å². The molecule has 0 radical (unpaired) electrons. The van der Waals surface area contributed by atoms with E-state index in [4.69, 9.17) is 4.74 Å². The highest BCUT2D eigenvalue weighted by atomic mass is 35.5. The summed E-state index contributed by atoms with van der Waals surface area (Å²) in [7, 11) is 0. The molecular weight excluding hydrogens is 324 g/mol. The first-order chi connectivity index (χ1) is 10.9. The van der Waals surface area contributed by atoms with Crippen molar-refractivity contribution in [3.05, 3.63) is 29.3 Å². The third kappa shape index (κ3) is 5.67. The van der Waals surface area contributed by atoms with Crippen molar-refractivity contribution in [2.45, 2.75) is 71.6 Å². The molecule has 1 saturated heterocycles. The van der Waals surface area contributed by atoms with Crippen molar-refractivity contribution in [1.29, 1.82) is 0 Å². The SMILES string of the molecule is Cc1cc(OC(C)C(=O)NC2CCNC(C)C2)ccc1C(C)C.Cl. The van der Waals surface area contributed by atoms with Gasteiger partial charge in [-0.3, -0.25) is 4.79 Å². The van der Waals surface area contributed by atoms with Crippen LogP contribution in [0, 0.1) is 6.92 Å². The summed E-state index contributed by atoms with van der Waals surface area (Å²) < 4.78 is 5.83. The van der Waals surface area contributed by atoms with E-state index < -0.39 is 6.10 Å². The molecule has 5 heteroatoms. The maximum atomic E-state index is 12.3. The van der Waals surface area contributed by atoms with Crippen molar-refractivity contribution in [3.8, 4) is 5.75 Å². The number of piperidine rings is 1. The van der Waals surface area contributed by atoms with Gasteiger partial charge < -0.3 is 15.4 Å². The fourth-order valence-electron chi connectivity index (χ4n) is 3.21. The van der Waals surface area contributed by atoms with Gasteiger partial charge in [-0.05, 0) is 69.3 Å². The zero-order valence-electron chi connectivity index (χ0n) is 15.4. The number of carbonyl (C=O) groups excluding carboxylic acids is 1. The van der Waals surface area contributed by atoms with Gasteiger partial charge in [0.05, 0.1) is 0 Å². The second-order valence-corrected chi connectivity index (χ2v) is 7.02. The highest BCUT2D eigenvalue weighted by Crippen LogP contribution is 2.24. The Morgan fingerprint density at radius 3 is 2.62 bits per heavy atom. The zero-order valence-corrected chi connectivity index (χ0v) is 16.2. The lowest BCUT2D eigenvalue weighted by Gasteiger charge is -2.29. The van der Waals surface area contributed by atoms with Crippen LogP contribution in [0.2, 0.25) is 0 Å². The minimum Gasteiger partial charge on any atom is -0.481 e. The Labute approximate surface area is 152 Å². The summed E-state index contributed by atoms with van der Waals surface area (Å²) in [6.45, 7) is 11.4. The predicted molar refractivity (Wildman–Crippen MR) is 101 cm³/mol. The van der Waals surface area contributed by atoms with E-state index in [1.807, 2.05) is 19.1 Å². The van der Waals surface area contributed by atoms with Gasteiger partial charge in [0.1, 0.15) is 5.75 Å².